The lowest BCUT2D eigenvalue weighted by atomic mass is 9.99. The topological polar surface area (TPSA) is 65.1 Å². The minimum Gasteiger partial charge on any atom is -0.409 e. The van der Waals surface area contributed by atoms with E-state index in [2.05, 4.69) is 47.9 Å². The first-order valence-electron chi connectivity index (χ1n) is 7.47. The zero-order valence-electron chi connectivity index (χ0n) is 13.3. The molecule has 0 amide bonds. The average Bonchev–Trinajstić information content (AvgIpc) is 2.44. The Hall–Kier alpha value is -1.59. The molecule has 5 nitrogen and oxygen atoms in total. The largest absolute Gasteiger partial charge is 0.409 e. The maximum absolute atomic E-state index is 8.62. The zero-order valence-corrected chi connectivity index (χ0v) is 13.3. The van der Waals surface area contributed by atoms with Crippen LogP contribution < -0.4 is 5.73 Å². The number of amidine groups is 1. The van der Waals surface area contributed by atoms with Crippen LogP contribution in [0.25, 0.3) is 0 Å². The van der Waals surface area contributed by atoms with Crippen molar-refractivity contribution >= 4 is 5.84 Å². The number of nitrogens with zero attached hydrogens (tertiary/aromatic N) is 3. The summed E-state index contributed by atoms with van der Waals surface area (Å²) >= 11 is 0. The minimum absolute atomic E-state index is 0.286. The van der Waals surface area contributed by atoms with Crippen LogP contribution in [-0.4, -0.2) is 53.6 Å². The lowest BCUT2D eigenvalue weighted by Crippen LogP contribution is -2.48. The van der Waals surface area contributed by atoms with Gasteiger partial charge in [0, 0.05) is 32.7 Å². The van der Waals surface area contributed by atoms with Crippen molar-refractivity contribution in [1.82, 2.24) is 9.80 Å². The Morgan fingerprint density at radius 2 is 1.62 bits per heavy atom. The summed E-state index contributed by atoms with van der Waals surface area (Å²) < 4.78 is 0. The number of hydrogen-bond donors (Lipinski definition) is 2. The zero-order chi connectivity index (χ0) is 15.4. The molecule has 1 aromatic rings. The summed E-state index contributed by atoms with van der Waals surface area (Å²) in [7, 11) is 0. The Kier molecular flexibility index (Phi) is 5.20. The third kappa shape index (κ3) is 4.19. The molecule has 0 aliphatic carbocycles. The van der Waals surface area contributed by atoms with Crippen molar-refractivity contribution in [3.05, 3.63) is 34.4 Å². The van der Waals surface area contributed by atoms with Gasteiger partial charge in [0.05, 0.1) is 6.54 Å². The molecule has 1 aliphatic rings. The molecule has 1 heterocycles. The third-order valence-electron chi connectivity index (χ3n) is 4.20. The van der Waals surface area contributed by atoms with Crippen molar-refractivity contribution < 1.29 is 5.21 Å². The average molecular weight is 290 g/mol. The fraction of sp³-hybridized carbons (Fsp3) is 0.562. The molecule has 1 aromatic carbocycles. The van der Waals surface area contributed by atoms with Crippen molar-refractivity contribution in [3.63, 3.8) is 0 Å². The second kappa shape index (κ2) is 6.91. The highest BCUT2D eigenvalue weighted by atomic mass is 16.4. The summed E-state index contributed by atoms with van der Waals surface area (Å²) in [5.41, 5.74) is 11.1. The van der Waals surface area contributed by atoms with Gasteiger partial charge in [-0.1, -0.05) is 22.9 Å². The smallest absolute Gasteiger partial charge is 0.153 e. The summed E-state index contributed by atoms with van der Waals surface area (Å²) in [6, 6.07) is 4.52. The molecular formula is C16H26N4O. The molecule has 0 radical (unpaired) electrons. The lowest BCUT2D eigenvalue weighted by Gasteiger charge is -2.35. The molecule has 5 heteroatoms. The highest BCUT2D eigenvalue weighted by Crippen LogP contribution is 2.19. The van der Waals surface area contributed by atoms with Crippen molar-refractivity contribution in [1.29, 1.82) is 0 Å². The van der Waals surface area contributed by atoms with Crippen LogP contribution in [0, 0.1) is 20.8 Å². The van der Waals surface area contributed by atoms with E-state index in [1.807, 2.05) is 0 Å². The number of piperazine rings is 1. The van der Waals surface area contributed by atoms with Crippen LogP contribution in [-0.2, 0) is 6.54 Å². The van der Waals surface area contributed by atoms with Crippen molar-refractivity contribution in [2.24, 2.45) is 10.9 Å². The maximum Gasteiger partial charge on any atom is 0.153 e. The second-order valence-corrected chi connectivity index (χ2v) is 6.02. The Morgan fingerprint density at radius 3 is 2.14 bits per heavy atom. The molecule has 0 atom stereocenters. The molecule has 3 N–H and O–H groups in total. The van der Waals surface area contributed by atoms with Gasteiger partial charge in [0.15, 0.2) is 5.84 Å². The van der Waals surface area contributed by atoms with Gasteiger partial charge >= 0.3 is 0 Å². The molecular weight excluding hydrogens is 264 g/mol. The predicted molar refractivity (Wildman–Crippen MR) is 85.8 cm³/mol. The first-order chi connectivity index (χ1) is 9.99. The van der Waals surface area contributed by atoms with E-state index in [-0.39, 0.29) is 5.84 Å². The summed E-state index contributed by atoms with van der Waals surface area (Å²) in [6.07, 6.45) is 0. The van der Waals surface area contributed by atoms with E-state index in [0.717, 1.165) is 32.7 Å². The minimum atomic E-state index is 0.286. The van der Waals surface area contributed by atoms with Gasteiger partial charge < -0.3 is 10.9 Å². The van der Waals surface area contributed by atoms with E-state index in [9.17, 15) is 0 Å². The number of benzene rings is 1. The molecule has 2 rings (SSSR count). The second-order valence-electron chi connectivity index (χ2n) is 6.02. The van der Waals surface area contributed by atoms with E-state index in [0.29, 0.717) is 6.54 Å². The normalized spacial score (nSPS) is 18.1. The molecule has 0 aromatic heterocycles. The van der Waals surface area contributed by atoms with Gasteiger partial charge in [-0.15, -0.1) is 0 Å². The number of rotatable bonds is 4. The van der Waals surface area contributed by atoms with Crippen LogP contribution in [0.15, 0.2) is 17.3 Å². The predicted octanol–water partition coefficient (Wildman–Crippen LogP) is 1.48. The van der Waals surface area contributed by atoms with Gasteiger partial charge in [0.1, 0.15) is 0 Å². The molecule has 21 heavy (non-hydrogen) atoms. The van der Waals surface area contributed by atoms with Gasteiger partial charge in [-0.25, -0.2) is 0 Å². The van der Waals surface area contributed by atoms with E-state index in [1.54, 1.807) is 0 Å². The standard InChI is InChI=1S/C16H26N4O/c1-12-8-13(2)15(14(3)9-12)10-19-4-6-20(7-5-19)11-16(17)18-21/h8-9,21H,4-7,10-11H2,1-3H3,(H2,17,18). The molecule has 0 bridgehead atoms. The van der Waals surface area contributed by atoms with Crippen LogP contribution in [0.2, 0.25) is 0 Å². The molecule has 1 saturated heterocycles. The highest BCUT2D eigenvalue weighted by molar-refractivity contribution is 5.81. The van der Waals surface area contributed by atoms with Gasteiger partial charge in [-0.05, 0) is 37.5 Å². The Labute approximate surface area is 127 Å². The number of aryl methyl sites for hydroxylation is 3. The van der Waals surface area contributed by atoms with Gasteiger partial charge in [0.2, 0.25) is 0 Å². The van der Waals surface area contributed by atoms with Crippen molar-refractivity contribution in [3.8, 4) is 0 Å². The van der Waals surface area contributed by atoms with Gasteiger partial charge in [-0.2, -0.15) is 0 Å². The summed E-state index contributed by atoms with van der Waals surface area (Å²) in [6.45, 7) is 12.1. The summed E-state index contributed by atoms with van der Waals surface area (Å²) in [4.78, 5) is 4.70. The summed E-state index contributed by atoms with van der Waals surface area (Å²) in [5.74, 6) is 0.286. The molecule has 0 unspecified atom stereocenters. The maximum atomic E-state index is 8.62. The number of hydrogen-bond acceptors (Lipinski definition) is 4. The highest BCUT2D eigenvalue weighted by Gasteiger charge is 2.18. The lowest BCUT2D eigenvalue weighted by molar-refractivity contribution is 0.138. The van der Waals surface area contributed by atoms with Crippen LogP contribution in [0.3, 0.4) is 0 Å². The van der Waals surface area contributed by atoms with Crippen LogP contribution in [0.4, 0.5) is 0 Å². The third-order valence-corrected chi connectivity index (χ3v) is 4.20. The van der Waals surface area contributed by atoms with E-state index >= 15 is 0 Å². The molecule has 0 spiro atoms. The Morgan fingerprint density at radius 1 is 1.10 bits per heavy atom. The van der Waals surface area contributed by atoms with E-state index in [1.165, 1.54) is 22.3 Å². The molecule has 1 fully saturated rings. The van der Waals surface area contributed by atoms with E-state index < -0.39 is 0 Å². The monoisotopic (exact) mass is 290 g/mol. The number of oxime groups is 1. The number of nitrogens with two attached hydrogens (primary N) is 1. The van der Waals surface area contributed by atoms with Crippen molar-refractivity contribution in [2.75, 3.05) is 32.7 Å². The molecule has 0 saturated carbocycles. The molecule has 1 aliphatic heterocycles. The van der Waals surface area contributed by atoms with Gasteiger partial charge in [-0.3, -0.25) is 9.80 Å². The quantitative estimate of drug-likeness (QED) is 0.381. The van der Waals surface area contributed by atoms with E-state index in [4.69, 9.17) is 10.9 Å². The Balaban J connectivity index is 1.92. The first kappa shape index (κ1) is 15.8. The summed E-state index contributed by atoms with van der Waals surface area (Å²) in [5, 5.41) is 11.7. The van der Waals surface area contributed by atoms with Crippen molar-refractivity contribution in [2.45, 2.75) is 27.3 Å². The van der Waals surface area contributed by atoms with Crippen LogP contribution in [0.5, 0.6) is 0 Å². The van der Waals surface area contributed by atoms with Crippen LogP contribution in [0.1, 0.15) is 22.3 Å². The molecule has 116 valence electrons. The SMILES string of the molecule is Cc1cc(C)c(CN2CCN(CC(N)=NO)CC2)c(C)c1. The fourth-order valence-corrected chi connectivity index (χ4v) is 3.05. The Bertz CT molecular complexity index is 496. The first-order valence-corrected chi connectivity index (χ1v) is 7.47. The van der Waals surface area contributed by atoms with Gasteiger partial charge in [0.25, 0.3) is 0 Å². The van der Waals surface area contributed by atoms with Crippen LogP contribution >= 0.6 is 0 Å². The fourth-order valence-electron chi connectivity index (χ4n) is 3.05.